The zero-order chi connectivity index (χ0) is 19.5. The Labute approximate surface area is 156 Å². The lowest BCUT2D eigenvalue weighted by atomic mass is 10.3. The summed E-state index contributed by atoms with van der Waals surface area (Å²) in [6.07, 6.45) is 1.40. The van der Waals surface area contributed by atoms with Crippen molar-refractivity contribution in [1.29, 1.82) is 0 Å². The van der Waals surface area contributed by atoms with Crippen LogP contribution in [-0.2, 0) is 21.8 Å². The minimum absolute atomic E-state index is 0.0485. The summed E-state index contributed by atoms with van der Waals surface area (Å²) in [5.74, 6) is -1.07. The van der Waals surface area contributed by atoms with E-state index in [1.807, 2.05) is 0 Å². The number of nitrogens with zero attached hydrogens (tertiary/aromatic N) is 2. The van der Waals surface area contributed by atoms with Crippen molar-refractivity contribution >= 4 is 38.9 Å². The third-order valence-corrected chi connectivity index (χ3v) is 6.75. The van der Waals surface area contributed by atoms with Crippen molar-refractivity contribution in [1.82, 2.24) is 8.87 Å². The van der Waals surface area contributed by atoms with E-state index in [2.05, 4.69) is 10.1 Å². The third kappa shape index (κ3) is 3.81. The number of thiophene rings is 1. The maximum Gasteiger partial charge on any atom is 0.350 e. The SMILES string of the molecule is CCN(CC)S(=O)(=O)c1cc(C(=O)Nc2ccsc2C(=O)OC)n(C)c1. The molecule has 2 aromatic heterocycles. The van der Waals surface area contributed by atoms with Crippen molar-refractivity contribution < 1.29 is 22.7 Å². The molecule has 0 fully saturated rings. The van der Waals surface area contributed by atoms with Crippen LogP contribution >= 0.6 is 11.3 Å². The van der Waals surface area contributed by atoms with Crippen molar-refractivity contribution in [2.45, 2.75) is 18.7 Å². The monoisotopic (exact) mass is 399 g/mol. The van der Waals surface area contributed by atoms with Gasteiger partial charge in [0.05, 0.1) is 12.8 Å². The van der Waals surface area contributed by atoms with E-state index < -0.39 is 21.9 Å². The van der Waals surface area contributed by atoms with E-state index in [1.54, 1.807) is 32.3 Å². The van der Waals surface area contributed by atoms with Crippen LogP contribution in [0.4, 0.5) is 5.69 Å². The Morgan fingerprint density at radius 2 is 1.96 bits per heavy atom. The summed E-state index contributed by atoms with van der Waals surface area (Å²) in [5.41, 5.74) is 0.485. The second-order valence-electron chi connectivity index (χ2n) is 5.37. The molecule has 8 nitrogen and oxygen atoms in total. The van der Waals surface area contributed by atoms with Gasteiger partial charge >= 0.3 is 5.97 Å². The van der Waals surface area contributed by atoms with Gasteiger partial charge in [0.15, 0.2) is 0 Å². The van der Waals surface area contributed by atoms with Crippen LogP contribution in [0.2, 0.25) is 0 Å². The number of nitrogens with one attached hydrogen (secondary N) is 1. The van der Waals surface area contributed by atoms with Gasteiger partial charge in [-0.25, -0.2) is 13.2 Å². The maximum atomic E-state index is 12.6. The summed E-state index contributed by atoms with van der Waals surface area (Å²) in [6.45, 7) is 4.18. The molecule has 0 aliphatic rings. The van der Waals surface area contributed by atoms with Crippen LogP contribution in [0.25, 0.3) is 0 Å². The van der Waals surface area contributed by atoms with Crippen LogP contribution in [0.3, 0.4) is 0 Å². The molecule has 0 atom stereocenters. The first-order valence-electron chi connectivity index (χ1n) is 7.89. The predicted molar refractivity (Wildman–Crippen MR) is 99.1 cm³/mol. The second-order valence-corrected chi connectivity index (χ2v) is 8.22. The molecule has 0 radical (unpaired) electrons. The van der Waals surface area contributed by atoms with Crippen LogP contribution in [-0.4, -0.2) is 49.4 Å². The Morgan fingerprint density at radius 3 is 2.54 bits per heavy atom. The molecule has 142 valence electrons. The summed E-state index contributed by atoms with van der Waals surface area (Å²) in [6, 6.07) is 2.92. The van der Waals surface area contributed by atoms with E-state index >= 15 is 0 Å². The largest absolute Gasteiger partial charge is 0.465 e. The molecule has 1 amide bonds. The predicted octanol–water partition coefficient (Wildman–Crippen LogP) is 2.16. The Balaban J connectivity index is 2.31. The molecule has 10 heteroatoms. The number of rotatable bonds is 7. The highest BCUT2D eigenvalue weighted by Gasteiger charge is 2.26. The summed E-state index contributed by atoms with van der Waals surface area (Å²) < 4.78 is 32.6. The van der Waals surface area contributed by atoms with Crippen LogP contribution in [0.1, 0.15) is 34.0 Å². The molecular weight excluding hydrogens is 378 g/mol. The fourth-order valence-electron chi connectivity index (χ4n) is 2.46. The van der Waals surface area contributed by atoms with E-state index in [9.17, 15) is 18.0 Å². The fourth-order valence-corrected chi connectivity index (χ4v) is 4.75. The average molecular weight is 399 g/mol. The molecule has 0 unspecified atom stereocenters. The number of carbonyl (C=O) groups is 2. The van der Waals surface area contributed by atoms with Crippen LogP contribution in [0.5, 0.6) is 0 Å². The first-order valence-corrected chi connectivity index (χ1v) is 10.2. The topological polar surface area (TPSA) is 97.7 Å². The average Bonchev–Trinajstić information content (AvgIpc) is 3.21. The summed E-state index contributed by atoms with van der Waals surface area (Å²) >= 11 is 1.14. The number of anilines is 1. The van der Waals surface area contributed by atoms with Gasteiger partial charge in [0, 0.05) is 26.3 Å². The number of hydrogen-bond donors (Lipinski definition) is 1. The molecule has 0 spiro atoms. The summed E-state index contributed by atoms with van der Waals surface area (Å²) in [7, 11) is -0.816. The van der Waals surface area contributed by atoms with Gasteiger partial charge in [-0.05, 0) is 17.5 Å². The van der Waals surface area contributed by atoms with Crippen LogP contribution in [0.15, 0.2) is 28.6 Å². The maximum absolute atomic E-state index is 12.6. The highest BCUT2D eigenvalue weighted by atomic mass is 32.2. The van der Waals surface area contributed by atoms with Crippen molar-refractivity contribution in [3.8, 4) is 0 Å². The summed E-state index contributed by atoms with van der Waals surface area (Å²) in [4.78, 5) is 24.6. The number of methoxy groups -OCH3 is 1. The molecule has 0 aliphatic heterocycles. The molecule has 0 aromatic carbocycles. The Kier molecular flexibility index (Phi) is 6.21. The van der Waals surface area contributed by atoms with E-state index in [0.29, 0.717) is 18.8 Å². The van der Waals surface area contributed by atoms with Gasteiger partial charge in [-0.2, -0.15) is 4.31 Å². The number of sulfonamides is 1. The van der Waals surface area contributed by atoms with Gasteiger partial charge < -0.3 is 14.6 Å². The molecule has 0 bridgehead atoms. The second kappa shape index (κ2) is 8.02. The normalized spacial score (nSPS) is 11.6. The zero-order valence-corrected chi connectivity index (χ0v) is 16.6. The van der Waals surface area contributed by atoms with Crippen LogP contribution in [0, 0.1) is 0 Å². The number of carbonyl (C=O) groups excluding carboxylic acids is 2. The lowest BCUT2D eigenvalue weighted by molar-refractivity contribution is 0.0607. The van der Waals surface area contributed by atoms with E-state index in [-0.39, 0.29) is 15.5 Å². The van der Waals surface area contributed by atoms with E-state index in [4.69, 9.17) is 0 Å². The molecule has 2 heterocycles. The van der Waals surface area contributed by atoms with Crippen molar-refractivity contribution in [3.05, 3.63) is 34.3 Å². The molecule has 1 N–H and O–H groups in total. The van der Waals surface area contributed by atoms with Crippen molar-refractivity contribution in [3.63, 3.8) is 0 Å². The van der Waals surface area contributed by atoms with Gasteiger partial charge in [-0.15, -0.1) is 11.3 Å². The number of hydrogen-bond acceptors (Lipinski definition) is 6. The van der Waals surface area contributed by atoms with Crippen molar-refractivity contribution in [2.75, 3.05) is 25.5 Å². The minimum atomic E-state index is -3.66. The molecule has 2 aromatic rings. The number of aryl methyl sites for hydroxylation is 1. The molecule has 26 heavy (non-hydrogen) atoms. The van der Waals surface area contributed by atoms with Gasteiger partial charge in [0.1, 0.15) is 15.5 Å². The molecule has 0 saturated carbocycles. The lowest BCUT2D eigenvalue weighted by Gasteiger charge is -2.17. The smallest absolute Gasteiger partial charge is 0.350 e. The summed E-state index contributed by atoms with van der Waals surface area (Å²) in [5, 5.41) is 4.28. The van der Waals surface area contributed by atoms with Gasteiger partial charge in [-0.3, -0.25) is 4.79 Å². The first kappa shape index (κ1) is 20.1. The highest BCUT2D eigenvalue weighted by Crippen LogP contribution is 2.25. The van der Waals surface area contributed by atoms with E-state index in [0.717, 1.165) is 11.3 Å². The Bertz CT molecular complexity index is 910. The fraction of sp³-hybridized carbons (Fsp3) is 0.375. The number of esters is 1. The molecule has 0 aliphatic carbocycles. The Morgan fingerprint density at radius 1 is 1.31 bits per heavy atom. The number of amides is 1. The molecule has 0 saturated heterocycles. The zero-order valence-electron chi connectivity index (χ0n) is 15.0. The highest BCUT2D eigenvalue weighted by molar-refractivity contribution is 7.89. The number of ether oxygens (including phenoxy) is 1. The van der Waals surface area contributed by atoms with Gasteiger partial charge in [0.25, 0.3) is 5.91 Å². The van der Waals surface area contributed by atoms with Gasteiger partial charge in [0.2, 0.25) is 10.0 Å². The third-order valence-electron chi connectivity index (χ3n) is 3.84. The quantitative estimate of drug-likeness (QED) is 0.720. The van der Waals surface area contributed by atoms with Crippen LogP contribution < -0.4 is 5.32 Å². The lowest BCUT2D eigenvalue weighted by Crippen LogP contribution is -2.30. The standard InChI is InChI=1S/C16H21N3O5S2/c1-5-19(6-2)26(22,23)11-9-13(18(3)10-11)15(20)17-12-7-8-25-14(12)16(21)24-4/h7-10H,5-6H2,1-4H3,(H,17,20). The van der Waals surface area contributed by atoms with Crippen molar-refractivity contribution in [2.24, 2.45) is 7.05 Å². The number of aromatic nitrogens is 1. The molecular formula is C16H21N3O5S2. The minimum Gasteiger partial charge on any atom is -0.465 e. The van der Waals surface area contributed by atoms with E-state index in [1.165, 1.54) is 28.2 Å². The molecule has 2 rings (SSSR count). The Hall–Kier alpha value is -2.17. The first-order chi connectivity index (χ1) is 12.3. The van der Waals surface area contributed by atoms with Gasteiger partial charge in [-0.1, -0.05) is 13.8 Å².